The number of carbonyl (C=O) groups is 1. The number of hydrogen-bond acceptors (Lipinski definition) is 4. The van der Waals surface area contributed by atoms with Gasteiger partial charge in [0.15, 0.2) is 0 Å². The molecule has 0 saturated heterocycles. The number of rotatable bonds is 6. The highest BCUT2D eigenvalue weighted by Crippen LogP contribution is 2.18. The molecule has 4 N–H and O–H groups in total. The maximum Gasteiger partial charge on any atom is 0.319 e. The number of carbonyl (C=O) groups excluding carboxylic acids is 1. The van der Waals surface area contributed by atoms with Crippen LogP contribution < -0.4 is 25.7 Å². The SMILES string of the molecule is COc1cccc(NC(=O)NCCNc2[nH+]c3ccc(C)cc3cc2C#N)c1. The first-order chi connectivity index (χ1) is 13.6. The van der Waals surface area contributed by atoms with E-state index >= 15 is 0 Å². The fourth-order valence-corrected chi connectivity index (χ4v) is 2.81. The molecule has 0 saturated carbocycles. The Bertz CT molecular complexity index is 1040. The van der Waals surface area contributed by atoms with Gasteiger partial charge in [0.05, 0.1) is 13.7 Å². The highest BCUT2D eigenvalue weighted by atomic mass is 16.5. The summed E-state index contributed by atoms with van der Waals surface area (Å²) in [5.74, 6) is 1.30. The molecule has 1 aromatic heterocycles. The van der Waals surface area contributed by atoms with E-state index in [1.54, 1.807) is 31.4 Å². The molecule has 0 radical (unpaired) electrons. The van der Waals surface area contributed by atoms with Gasteiger partial charge in [-0.2, -0.15) is 5.26 Å². The fraction of sp³-hybridized carbons (Fsp3) is 0.190. The standard InChI is InChI=1S/C21H21N5O2/c1-14-6-7-19-15(10-14)11-16(13-22)20(26-19)23-8-9-24-21(27)25-17-4-3-5-18(12-17)28-2/h3-7,10-12H,8-9H2,1-2H3,(H,23,26)(H2,24,25,27)/p+1. The lowest BCUT2D eigenvalue weighted by Crippen LogP contribution is -2.33. The van der Waals surface area contributed by atoms with E-state index in [9.17, 15) is 10.1 Å². The predicted molar refractivity (Wildman–Crippen MR) is 108 cm³/mol. The molecule has 1 heterocycles. The molecule has 0 spiro atoms. The lowest BCUT2D eigenvalue weighted by atomic mass is 10.1. The summed E-state index contributed by atoms with van der Waals surface area (Å²) in [4.78, 5) is 15.2. The number of pyridine rings is 1. The number of nitriles is 1. The van der Waals surface area contributed by atoms with Crippen molar-refractivity contribution in [1.82, 2.24) is 5.32 Å². The molecule has 2 amide bonds. The number of aromatic nitrogens is 1. The third-order valence-corrected chi connectivity index (χ3v) is 4.20. The minimum atomic E-state index is -0.312. The van der Waals surface area contributed by atoms with E-state index in [-0.39, 0.29) is 6.03 Å². The third-order valence-electron chi connectivity index (χ3n) is 4.20. The average Bonchev–Trinajstić information content (AvgIpc) is 2.70. The molecule has 3 aromatic rings. The van der Waals surface area contributed by atoms with Crippen LogP contribution in [0.2, 0.25) is 0 Å². The Kier molecular flexibility index (Phi) is 5.92. The molecular formula is C21H22N5O2+. The van der Waals surface area contributed by atoms with Gasteiger partial charge in [-0.05, 0) is 37.3 Å². The summed E-state index contributed by atoms with van der Waals surface area (Å²) in [6.07, 6.45) is 0. The summed E-state index contributed by atoms with van der Waals surface area (Å²) in [7, 11) is 1.57. The first-order valence-corrected chi connectivity index (χ1v) is 8.88. The minimum absolute atomic E-state index is 0.312. The van der Waals surface area contributed by atoms with Crippen LogP contribution in [0.1, 0.15) is 11.1 Å². The fourth-order valence-electron chi connectivity index (χ4n) is 2.81. The summed E-state index contributed by atoms with van der Waals surface area (Å²) in [6, 6.07) is 16.9. The molecule has 7 nitrogen and oxygen atoms in total. The number of nitrogens with one attached hydrogen (secondary N) is 4. The van der Waals surface area contributed by atoms with Gasteiger partial charge in [-0.25, -0.2) is 9.78 Å². The van der Waals surface area contributed by atoms with E-state index < -0.39 is 0 Å². The van der Waals surface area contributed by atoms with Crippen LogP contribution in [-0.2, 0) is 0 Å². The second kappa shape index (κ2) is 8.73. The van der Waals surface area contributed by atoms with Gasteiger partial charge in [0.25, 0.3) is 5.82 Å². The van der Waals surface area contributed by atoms with Gasteiger partial charge in [0, 0.05) is 17.1 Å². The van der Waals surface area contributed by atoms with E-state index in [0.29, 0.717) is 35.9 Å². The Morgan fingerprint density at radius 3 is 2.82 bits per heavy atom. The van der Waals surface area contributed by atoms with Gasteiger partial charge < -0.3 is 15.4 Å². The monoisotopic (exact) mass is 376 g/mol. The first-order valence-electron chi connectivity index (χ1n) is 8.88. The summed E-state index contributed by atoms with van der Waals surface area (Å²) in [5.41, 5.74) is 3.25. The summed E-state index contributed by atoms with van der Waals surface area (Å²) in [5, 5.41) is 19.1. The third kappa shape index (κ3) is 4.68. The molecule has 142 valence electrons. The van der Waals surface area contributed by atoms with Crippen LogP contribution in [0.4, 0.5) is 16.3 Å². The molecule has 0 atom stereocenters. The maximum atomic E-state index is 12.0. The maximum absolute atomic E-state index is 12.0. The molecule has 3 rings (SSSR count). The van der Waals surface area contributed by atoms with Crippen LogP contribution >= 0.6 is 0 Å². The van der Waals surface area contributed by atoms with Crippen LogP contribution in [-0.4, -0.2) is 26.2 Å². The number of urea groups is 1. The number of nitrogens with zero attached hydrogens (tertiary/aromatic N) is 1. The number of amides is 2. The van der Waals surface area contributed by atoms with Crippen LogP contribution in [0.5, 0.6) is 5.75 Å². The molecule has 2 aromatic carbocycles. The number of aryl methyl sites for hydroxylation is 1. The van der Waals surface area contributed by atoms with Crippen LogP contribution in [0, 0.1) is 18.3 Å². The van der Waals surface area contributed by atoms with Gasteiger partial charge in [-0.15, -0.1) is 0 Å². The first kappa shape index (κ1) is 19.0. The molecule has 0 bridgehead atoms. The normalized spacial score (nSPS) is 10.2. The average molecular weight is 376 g/mol. The van der Waals surface area contributed by atoms with Crippen molar-refractivity contribution in [2.75, 3.05) is 30.8 Å². The van der Waals surface area contributed by atoms with Gasteiger partial charge in [-0.1, -0.05) is 17.7 Å². The van der Waals surface area contributed by atoms with Crippen molar-refractivity contribution in [2.45, 2.75) is 6.92 Å². The molecule has 0 aliphatic heterocycles. The van der Waals surface area contributed by atoms with E-state index in [0.717, 1.165) is 16.5 Å². The van der Waals surface area contributed by atoms with Crippen molar-refractivity contribution in [3.8, 4) is 11.8 Å². The minimum Gasteiger partial charge on any atom is -0.497 e. The molecular weight excluding hydrogens is 354 g/mol. The van der Waals surface area contributed by atoms with Crippen molar-refractivity contribution in [3.63, 3.8) is 0 Å². The van der Waals surface area contributed by atoms with Crippen molar-refractivity contribution < 1.29 is 14.5 Å². The lowest BCUT2D eigenvalue weighted by Gasteiger charge is -2.08. The Balaban J connectivity index is 1.55. The van der Waals surface area contributed by atoms with Gasteiger partial charge in [0.2, 0.25) is 0 Å². The van der Waals surface area contributed by atoms with Crippen molar-refractivity contribution in [2.24, 2.45) is 0 Å². The Labute approximate surface area is 163 Å². The van der Waals surface area contributed by atoms with Crippen molar-refractivity contribution in [3.05, 3.63) is 59.7 Å². The second-order valence-electron chi connectivity index (χ2n) is 6.30. The van der Waals surface area contributed by atoms with Crippen LogP contribution in [0.3, 0.4) is 0 Å². The highest BCUT2D eigenvalue weighted by Gasteiger charge is 2.12. The Hall–Kier alpha value is -3.79. The number of anilines is 2. The van der Waals surface area contributed by atoms with E-state index in [1.807, 2.05) is 31.2 Å². The van der Waals surface area contributed by atoms with Crippen LogP contribution in [0.25, 0.3) is 10.9 Å². The topological polar surface area (TPSA) is 100 Å². The molecule has 7 heteroatoms. The van der Waals surface area contributed by atoms with Crippen LogP contribution in [0.15, 0.2) is 48.5 Å². The predicted octanol–water partition coefficient (Wildman–Crippen LogP) is 3.08. The highest BCUT2D eigenvalue weighted by molar-refractivity contribution is 5.89. The molecule has 28 heavy (non-hydrogen) atoms. The van der Waals surface area contributed by atoms with Gasteiger partial charge in [0.1, 0.15) is 29.4 Å². The molecule has 0 unspecified atom stereocenters. The molecule has 0 fully saturated rings. The van der Waals surface area contributed by atoms with E-state index in [1.165, 1.54) is 0 Å². The number of H-pyrrole nitrogens is 1. The summed E-state index contributed by atoms with van der Waals surface area (Å²) < 4.78 is 5.13. The zero-order valence-electron chi connectivity index (χ0n) is 15.8. The smallest absolute Gasteiger partial charge is 0.319 e. The van der Waals surface area contributed by atoms with Gasteiger partial charge >= 0.3 is 6.03 Å². The van der Waals surface area contributed by atoms with E-state index in [2.05, 4.69) is 27.0 Å². The molecule has 0 aliphatic rings. The quantitative estimate of drug-likeness (QED) is 0.576. The van der Waals surface area contributed by atoms with Crippen molar-refractivity contribution in [1.29, 1.82) is 5.26 Å². The number of fused-ring (bicyclic) bond motifs is 1. The number of ether oxygens (including phenoxy) is 1. The lowest BCUT2D eigenvalue weighted by molar-refractivity contribution is -0.327. The Morgan fingerprint density at radius 1 is 1.18 bits per heavy atom. The second-order valence-corrected chi connectivity index (χ2v) is 6.30. The number of benzene rings is 2. The summed E-state index contributed by atoms with van der Waals surface area (Å²) in [6.45, 7) is 2.87. The van der Waals surface area contributed by atoms with E-state index in [4.69, 9.17) is 4.74 Å². The summed E-state index contributed by atoms with van der Waals surface area (Å²) >= 11 is 0. The number of methoxy groups -OCH3 is 1. The number of aromatic amines is 1. The van der Waals surface area contributed by atoms with Gasteiger partial charge in [-0.3, -0.25) is 5.32 Å². The zero-order valence-corrected chi connectivity index (χ0v) is 15.8. The number of hydrogen-bond donors (Lipinski definition) is 3. The largest absolute Gasteiger partial charge is 0.497 e. The van der Waals surface area contributed by atoms with Crippen molar-refractivity contribution >= 4 is 28.4 Å². The zero-order chi connectivity index (χ0) is 19.9. The molecule has 0 aliphatic carbocycles. The Morgan fingerprint density at radius 2 is 2.04 bits per heavy atom.